The van der Waals surface area contributed by atoms with Gasteiger partial charge < -0.3 is 10.6 Å². The predicted octanol–water partition coefficient (Wildman–Crippen LogP) is 3.76. The molecule has 2 aliphatic rings. The second-order valence-corrected chi connectivity index (χ2v) is 6.69. The molecule has 1 saturated heterocycles. The highest BCUT2D eigenvalue weighted by atomic mass is 79.9. The largest absolute Gasteiger partial charge is 0.355 e. The molecule has 0 aromatic heterocycles. The molecule has 0 saturated carbocycles. The van der Waals surface area contributed by atoms with Gasteiger partial charge in [0.2, 0.25) is 0 Å². The fourth-order valence-corrected chi connectivity index (χ4v) is 3.68. The average molecular weight is 437 g/mol. The molecule has 120 valence electrons. The van der Waals surface area contributed by atoms with Gasteiger partial charge in [-0.1, -0.05) is 46.3 Å². The lowest BCUT2D eigenvalue weighted by Crippen LogP contribution is -2.25. The van der Waals surface area contributed by atoms with Crippen LogP contribution >= 0.6 is 32.9 Å². The van der Waals surface area contributed by atoms with Crippen LogP contribution in [0.2, 0.25) is 0 Å². The minimum atomic E-state index is 0. The molecule has 2 aromatic rings. The molecule has 2 N–H and O–H groups in total. The molecule has 0 radical (unpaired) electrons. The molecule has 1 atom stereocenters. The highest BCUT2D eigenvalue weighted by molar-refractivity contribution is 9.10. The average Bonchev–Trinajstić information content (AvgIpc) is 3.00. The third-order valence-electron chi connectivity index (χ3n) is 4.38. The number of rotatable bonds is 1. The monoisotopic (exact) mass is 435 g/mol. The highest BCUT2D eigenvalue weighted by Gasteiger charge is 2.24. The quantitative estimate of drug-likeness (QED) is 0.713. The molecule has 4 rings (SSSR count). The van der Waals surface area contributed by atoms with Crippen molar-refractivity contribution in [3.05, 3.63) is 69.2 Å². The maximum atomic E-state index is 4.99. The molecule has 0 bridgehead atoms. The molecule has 1 aliphatic heterocycles. The number of hydrogen-bond acceptors (Lipinski definition) is 1. The Balaban J connectivity index is 0.00000156. The molecular formula is C18H19Br2N3. The summed E-state index contributed by atoms with van der Waals surface area (Å²) in [5, 5.41) is 6.66. The van der Waals surface area contributed by atoms with Gasteiger partial charge in [-0.05, 0) is 47.2 Å². The van der Waals surface area contributed by atoms with Gasteiger partial charge in [0.1, 0.15) is 6.04 Å². The van der Waals surface area contributed by atoms with Crippen molar-refractivity contribution in [1.29, 1.82) is 0 Å². The molecule has 2 aromatic carbocycles. The van der Waals surface area contributed by atoms with Gasteiger partial charge >= 0.3 is 0 Å². The van der Waals surface area contributed by atoms with Crippen LogP contribution in [0.25, 0.3) is 0 Å². The number of hydrogen-bond donors (Lipinski definition) is 2. The number of aryl methyl sites for hydroxylation is 2. The van der Waals surface area contributed by atoms with Crippen molar-refractivity contribution in [3.8, 4) is 0 Å². The van der Waals surface area contributed by atoms with E-state index in [4.69, 9.17) is 4.99 Å². The summed E-state index contributed by atoms with van der Waals surface area (Å²) in [5.74, 6) is 0.910. The van der Waals surface area contributed by atoms with E-state index < -0.39 is 0 Å². The first-order valence-electron chi connectivity index (χ1n) is 7.73. The molecule has 3 nitrogen and oxygen atoms in total. The van der Waals surface area contributed by atoms with Gasteiger partial charge in [-0.2, -0.15) is 0 Å². The van der Waals surface area contributed by atoms with E-state index in [1.165, 1.54) is 22.3 Å². The van der Waals surface area contributed by atoms with E-state index in [0.717, 1.165) is 36.4 Å². The lowest BCUT2D eigenvalue weighted by molar-refractivity contribution is 0.846. The van der Waals surface area contributed by atoms with Crippen molar-refractivity contribution in [2.45, 2.75) is 18.9 Å². The van der Waals surface area contributed by atoms with Crippen LogP contribution in [0.3, 0.4) is 0 Å². The van der Waals surface area contributed by atoms with Crippen molar-refractivity contribution in [2.75, 3.05) is 13.1 Å². The second-order valence-electron chi connectivity index (χ2n) is 5.78. The van der Waals surface area contributed by atoms with Crippen molar-refractivity contribution < 1.29 is 0 Å². The topological polar surface area (TPSA) is 36.4 Å². The lowest BCUT2D eigenvalue weighted by atomic mass is 9.95. The zero-order valence-corrected chi connectivity index (χ0v) is 16.0. The van der Waals surface area contributed by atoms with Gasteiger partial charge in [-0.15, -0.1) is 17.0 Å². The van der Waals surface area contributed by atoms with Crippen molar-refractivity contribution >= 4 is 38.9 Å². The zero-order chi connectivity index (χ0) is 14.9. The van der Waals surface area contributed by atoms with Crippen LogP contribution in [0, 0.1) is 0 Å². The van der Waals surface area contributed by atoms with E-state index >= 15 is 0 Å². The van der Waals surface area contributed by atoms with E-state index in [9.17, 15) is 0 Å². The van der Waals surface area contributed by atoms with E-state index in [-0.39, 0.29) is 23.0 Å². The molecular weight excluding hydrogens is 418 g/mol. The Bertz CT molecular complexity index is 735. The van der Waals surface area contributed by atoms with Crippen molar-refractivity contribution in [3.63, 3.8) is 0 Å². The van der Waals surface area contributed by atoms with Crippen LogP contribution in [0.5, 0.6) is 0 Å². The minimum absolute atomic E-state index is 0. The zero-order valence-electron chi connectivity index (χ0n) is 12.7. The van der Waals surface area contributed by atoms with Gasteiger partial charge in [0.15, 0.2) is 5.96 Å². The van der Waals surface area contributed by atoms with Crippen LogP contribution in [0.4, 0.5) is 0 Å². The molecule has 5 heteroatoms. The maximum absolute atomic E-state index is 4.99. The summed E-state index contributed by atoms with van der Waals surface area (Å²) in [5.41, 5.74) is 5.43. The van der Waals surface area contributed by atoms with Crippen molar-refractivity contribution in [1.82, 2.24) is 10.6 Å². The van der Waals surface area contributed by atoms with E-state index in [1.54, 1.807) is 0 Å². The summed E-state index contributed by atoms with van der Waals surface area (Å²) in [6, 6.07) is 15.3. The SMILES string of the molecule is Br.Brc1ccc2c(c1)C(N=C1NCCN1)c1ccccc1CC2. The first kappa shape index (κ1) is 16.5. The molecule has 23 heavy (non-hydrogen) atoms. The Morgan fingerprint density at radius 1 is 0.913 bits per heavy atom. The van der Waals surface area contributed by atoms with Gasteiger partial charge in [-0.3, -0.25) is 0 Å². The van der Waals surface area contributed by atoms with E-state index in [1.807, 2.05) is 0 Å². The number of nitrogens with one attached hydrogen (secondary N) is 2. The van der Waals surface area contributed by atoms with E-state index in [2.05, 4.69) is 69.0 Å². The van der Waals surface area contributed by atoms with Gasteiger partial charge in [0.05, 0.1) is 0 Å². The van der Waals surface area contributed by atoms with E-state index in [0.29, 0.717) is 0 Å². The highest BCUT2D eigenvalue weighted by Crippen LogP contribution is 2.36. The smallest absolute Gasteiger partial charge is 0.192 e. The molecule has 0 amide bonds. The van der Waals surface area contributed by atoms with Gasteiger partial charge in [0.25, 0.3) is 0 Å². The first-order chi connectivity index (χ1) is 10.8. The summed E-state index contributed by atoms with van der Waals surface area (Å²) >= 11 is 3.62. The fraction of sp³-hybridized carbons (Fsp3) is 0.278. The Labute approximate surface area is 155 Å². The minimum Gasteiger partial charge on any atom is -0.355 e. The molecule has 1 heterocycles. The number of aliphatic imine (C=N–C) groups is 1. The predicted molar refractivity (Wildman–Crippen MR) is 104 cm³/mol. The number of halogens is 2. The van der Waals surface area contributed by atoms with Crippen molar-refractivity contribution in [2.24, 2.45) is 4.99 Å². The summed E-state index contributed by atoms with van der Waals surface area (Å²) < 4.78 is 1.11. The van der Waals surface area contributed by atoms with Crippen LogP contribution in [0.1, 0.15) is 28.3 Å². The summed E-state index contributed by atoms with van der Waals surface area (Å²) in [6.45, 7) is 1.89. The molecule has 0 spiro atoms. The van der Waals surface area contributed by atoms with Crippen LogP contribution < -0.4 is 10.6 Å². The van der Waals surface area contributed by atoms with Crippen LogP contribution in [-0.2, 0) is 12.8 Å². The number of guanidine groups is 1. The van der Waals surface area contributed by atoms with Gasteiger partial charge in [-0.25, -0.2) is 4.99 Å². The summed E-state index contributed by atoms with van der Waals surface area (Å²) in [4.78, 5) is 4.99. The standard InChI is InChI=1S/C18H18BrN3.BrH/c19-14-8-7-13-6-5-12-3-1-2-4-15(12)17(16(13)11-14)22-18-20-9-10-21-18;/h1-4,7-8,11,17H,5-6,9-10H2,(H2,20,21,22);1H. The second kappa shape index (κ2) is 7.05. The Kier molecular flexibility index (Phi) is 5.07. The molecule has 1 aliphatic carbocycles. The Morgan fingerprint density at radius 3 is 2.39 bits per heavy atom. The Morgan fingerprint density at radius 2 is 1.61 bits per heavy atom. The lowest BCUT2D eigenvalue weighted by Gasteiger charge is -2.17. The number of nitrogens with zero attached hydrogens (tertiary/aromatic N) is 1. The maximum Gasteiger partial charge on any atom is 0.192 e. The summed E-state index contributed by atoms with van der Waals surface area (Å²) in [6.07, 6.45) is 2.15. The fourth-order valence-electron chi connectivity index (χ4n) is 3.30. The third kappa shape index (κ3) is 3.31. The Hall–Kier alpha value is -1.33. The van der Waals surface area contributed by atoms with Crippen LogP contribution in [-0.4, -0.2) is 19.0 Å². The first-order valence-corrected chi connectivity index (χ1v) is 8.52. The molecule has 1 unspecified atom stereocenters. The third-order valence-corrected chi connectivity index (χ3v) is 4.88. The van der Waals surface area contributed by atoms with Gasteiger partial charge in [0, 0.05) is 17.6 Å². The number of benzene rings is 2. The van der Waals surface area contributed by atoms with Crippen LogP contribution in [0.15, 0.2) is 51.9 Å². The summed E-state index contributed by atoms with van der Waals surface area (Å²) in [7, 11) is 0. The number of fused-ring (bicyclic) bond motifs is 2. The molecule has 1 fully saturated rings. The normalized spacial score (nSPS) is 18.7.